The van der Waals surface area contributed by atoms with Crippen LogP contribution in [0, 0.1) is 5.82 Å². The summed E-state index contributed by atoms with van der Waals surface area (Å²) in [7, 11) is 2.17. The zero-order valence-electron chi connectivity index (χ0n) is 25.9. The van der Waals surface area contributed by atoms with Gasteiger partial charge in [0.1, 0.15) is 17.3 Å². The lowest BCUT2D eigenvalue weighted by Crippen LogP contribution is -2.77. The number of nitrogens with one attached hydrogen (secondary N) is 2. The van der Waals surface area contributed by atoms with Crippen LogP contribution < -0.4 is 16.2 Å². The number of benzene rings is 2. The van der Waals surface area contributed by atoms with E-state index in [0.717, 1.165) is 36.3 Å². The van der Waals surface area contributed by atoms with Crippen molar-refractivity contribution < 1.29 is 9.18 Å². The average molecular weight is 606 g/mol. The Morgan fingerprint density at radius 3 is 2.60 bits per heavy atom. The second kappa shape index (κ2) is 10.7. The smallest absolute Gasteiger partial charge is 0.282 e. The second-order valence-electron chi connectivity index (χ2n) is 13.3. The first-order valence-electron chi connectivity index (χ1n) is 15.2. The molecule has 3 aliphatic heterocycles. The van der Waals surface area contributed by atoms with E-state index in [2.05, 4.69) is 44.1 Å². The van der Waals surface area contributed by atoms with Crippen LogP contribution in [-0.4, -0.2) is 62.7 Å². The minimum atomic E-state index is -0.587. The van der Waals surface area contributed by atoms with Crippen LogP contribution in [0.15, 0.2) is 78.0 Å². The number of carbonyl (C=O) groups is 1. The minimum Gasteiger partial charge on any atom is -0.347 e. The Morgan fingerprint density at radius 2 is 1.91 bits per heavy atom. The van der Waals surface area contributed by atoms with E-state index >= 15 is 4.39 Å². The Kier molecular flexibility index (Phi) is 6.94. The van der Waals surface area contributed by atoms with E-state index in [4.69, 9.17) is 0 Å². The number of carbonyl (C=O) groups excluding carboxylic acids is 1. The molecule has 3 aliphatic rings. The van der Waals surface area contributed by atoms with Crippen molar-refractivity contribution in [2.24, 2.45) is 0 Å². The number of nitrogens with zero attached hydrogens (tertiary/aromatic N) is 5. The van der Waals surface area contributed by atoms with E-state index in [0.29, 0.717) is 45.8 Å². The number of hydrogen-bond donors (Lipinski definition) is 2. The van der Waals surface area contributed by atoms with E-state index in [-0.39, 0.29) is 23.3 Å². The summed E-state index contributed by atoms with van der Waals surface area (Å²) >= 11 is 0. The van der Waals surface area contributed by atoms with Gasteiger partial charge in [-0.1, -0.05) is 45.5 Å². The second-order valence-corrected chi connectivity index (χ2v) is 13.3. The molecule has 230 valence electrons. The lowest BCUT2D eigenvalue weighted by Gasteiger charge is -2.61. The Labute approximate surface area is 261 Å². The third-order valence-electron chi connectivity index (χ3n) is 9.27. The quantitative estimate of drug-likeness (QED) is 0.349. The van der Waals surface area contributed by atoms with Gasteiger partial charge in [0.25, 0.3) is 11.5 Å². The minimum absolute atomic E-state index is 0.0288. The van der Waals surface area contributed by atoms with Gasteiger partial charge in [-0.2, -0.15) is 9.78 Å². The van der Waals surface area contributed by atoms with Crippen molar-refractivity contribution in [2.75, 3.05) is 25.5 Å². The largest absolute Gasteiger partial charge is 0.347 e. The van der Waals surface area contributed by atoms with Crippen LogP contribution in [0.2, 0.25) is 0 Å². The molecule has 2 atom stereocenters. The molecule has 0 radical (unpaired) electrons. The number of halogens is 1. The number of likely N-dealkylation sites (tertiary alicyclic amines) is 2. The molecule has 0 saturated carbocycles. The van der Waals surface area contributed by atoms with E-state index < -0.39 is 11.4 Å². The zero-order valence-corrected chi connectivity index (χ0v) is 25.9. The van der Waals surface area contributed by atoms with Crippen molar-refractivity contribution in [1.29, 1.82) is 0 Å². The van der Waals surface area contributed by atoms with Gasteiger partial charge in [0, 0.05) is 55.4 Å². The van der Waals surface area contributed by atoms with Crippen LogP contribution in [-0.2, 0) is 23.3 Å². The fraction of sp³-hybridized carbons (Fsp3) is 0.314. The number of piperazine rings is 1. The summed E-state index contributed by atoms with van der Waals surface area (Å²) in [6, 6.07) is 13.9. The van der Waals surface area contributed by atoms with Gasteiger partial charge in [-0.25, -0.2) is 9.37 Å². The standard InChI is InChI=1S/C35H36FN7O2/c1-20-11-27(40-31-10-9-21(14-37-31)17-42-19-29-30(42)18-41(29)5)33(44)38-16-25-24(20)7-6-8-28(25)43-34(45)32-22(15-39-43)12-23(13-26(32)36)35(2,3)4/h6-15,29-30H,1,16-19H2,2-5H3,(H,37,40)(H,38,44)/b27-11+. The molecule has 5 heterocycles. The maximum atomic E-state index is 15.3. The van der Waals surface area contributed by atoms with E-state index in [1.54, 1.807) is 18.2 Å². The number of fused-ring (bicyclic) bond motifs is 3. The summed E-state index contributed by atoms with van der Waals surface area (Å²) in [5.74, 6) is -0.380. The summed E-state index contributed by atoms with van der Waals surface area (Å²) in [5.41, 5.74) is 3.77. The predicted octanol–water partition coefficient (Wildman–Crippen LogP) is 4.35. The van der Waals surface area contributed by atoms with Crippen molar-refractivity contribution in [3.8, 4) is 5.69 Å². The van der Waals surface area contributed by atoms with Gasteiger partial charge in [-0.15, -0.1) is 0 Å². The Hall–Kier alpha value is -4.67. The highest BCUT2D eigenvalue weighted by Gasteiger charge is 2.49. The SMILES string of the molecule is C=C1/C=C(/Nc2ccc(CN3CC4C3CN4C)cn2)C(=O)NCc2c1cccc2-n1ncc2cc(C(C)(C)C)cc(F)c2c1=O. The first-order chi connectivity index (χ1) is 21.5. The highest BCUT2D eigenvalue weighted by atomic mass is 19.1. The van der Waals surface area contributed by atoms with Gasteiger partial charge < -0.3 is 10.6 Å². The Bertz CT molecular complexity index is 1960. The molecule has 2 unspecified atom stereocenters. The molecule has 2 aromatic heterocycles. The van der Waals surface area contributed by atoms with Crippen LogP contribution in [0.1, 0.15) is 43.0 Å². The van der Waals surface area contributed by atoms with Gasteiger partial charge in [-0.05, 0) is 65.1 Å². The third kappa shape index (κ3) is 5.13. The fourth-order valence-electron chi connectivity index (χ4n) is 6.48. The highest BCUT2D eigenvalue weighted by molar-refractivity contribution is 6.00. The first-order valence-corrected chi connectivity index (χ1v) is 15.2. The molecule has 0 spiro atoms. The summed E-state index contributed by atoms with van der Waals surface area (Å²) in [5, 5.41) is 10.9. The monoisotopic (exact) mass is 605 g/mol. The third-order valence-corrected chi connectivity index (χ3v) is 9.27. The number of aromatic nitrogens is 3. The number of anilines is 1. The van der Waals surface area contributed by atoms with Crippen LogP contribution in [0.5, 0.6) is 0 Å². The van der Waals surface area contributed by atoms with Crippen LogP contribution in [0.4, 0.5) is 10.2 Å². The number of amides is 1. The molecule has 0 aliphatic carbocycles. The molecule has 2 aromatic carbocycles. The van der Waals surface area contributed by atoms with Gasteiger partial charge in [0.05, 0.1) is 17.3 Å². The molecule has 4 aromatic rings. The molecule has 1 amide bonds. The van der Waals surface area contributed by atoms with Crippen LogP contribution in [0.25, 0.3) is 22.0 Å². The normalized spacial score (nSPS) is 21.4. The molecule has 2 N–H and O–H groups in total. The molecule has 45 heavy (non-hydrogen) atoms. The van der Waals surface area contributed by atoms with Crippen molar-refractivity contribution >= 4 is 28.1 Å². The molecule has 2 saturated heterocycles. The van der Waals surface area contributed by atoms with E-state index in [1.807, 2.05) is 51.2 Å². The topological polar surface area (TPSA) is 95.4 Å². The van der Waals surface area contributed by atoms with Crippen LogP contribution in [0.3, 0.4) is 0 Å². The van der Waals surface area contributed by atoms with Gasteiger partial charge >= 0.3 is 0 Å². The Morgan fingerprint density at radius 1 is 1.09 bits per heavy atom. The molecule has 0 bridgehead atoms. The lowest BCUT2D eigenvalue weighted by molar-refractivity contribution is -0.117. The maximum Gasteiger partial charge on any atom is 0.282 e. The number of pyridine rings is 1. The molecule has 2 fully saturated rings. The fourth-order valence-corrected chi connectivity index (χ4v) is 6.48. The van der Waals surface area contributed by atoms with Crippen LogP contribution >= 0.6 is 0 Å². The van der Waals surface area contributed by atoms with E-state index in [1.165, 1.54) is 16.9 Å². The number of hydrogen-bond acceptors (Lipinski definition) is 7. The lowest BCUT2D eigenvalue weighted by atomic mass is 9.86. The molecular formula is C35H36FN7O2. The van der Waals surface area contributed by atoms with Crippen molar-refractivity contribution in [3.63, 3.8) is 0 Å². The molecule has 10 heteroatoms. The van der Waals surface area contributed by atoms with E-state index in [9.17, 15) is 9.59 Å². The molecular weight excluding hydrogens is 569 g/mol. The highest BCUT2D eigenvalue weighted by Crippen LogP contribution is 2.33. The Balaban J connectivity index is 1.15. The molecule has 9 nitrogen and oxygen atoms in total. The average Bonchev–Trinajstić information content (AvgIpc) is 2.99. The molecule has 7 rings (SSSR count). The van der Waals surface area contributed by atoms with Crippen molar-refractivity contribution in [3.05, 3.63) is 112 Å². The first kappa shape index (κ1) is 29.1. The number of allylic oxidation sites excluding steroid dienone is 2. The predicted molar refractivity (Wildman–Crippen MR) is 173 cm³/mol. The van der Waals surface area contributed by atoms with Gasteiger partial charge in [0.2, 0.25) is 0 Å². The van der Waals surface area contributed by atoms with Crippen molar-refractivity contribution in [1.82, 2.24) is 29.9 Å². The number of rotatable bonds is 5. The summed E-state index contributed by atoms with van der Waals surface area (Å²) in [6.45, 7) is 13.4. The summed E-state index contributed by atoms with van der Waals surface area (Å²) in [4.78, 5) is 36.3. The zero-order chi connectivity index (χ0) is 31.6. The van der Waals surface area contributed by atoms with Gasteiger partial charge in [-0.3, -0.25) is 19.4 Å². The summed E-state index contributed by atoms with van der Waals surface area (Å²) < 4.78 is 16.5. The summed E-state index contributed by atoms with van der Waals surface area (Å²) in [6.07, 6.45) is 5.03. The number of likely N-dealkylation sites (N-methyl/N-ethyl adjacent to an activating group) is 1. The van der Waals surface area contributed by atoms with Gasteiger partial charge in [0.15, 0.2) is 0 Å². The van der Waals surface area contributed by atoms with Crippen molar-refractivity contribution in [2.45, 2.75) is 51.4 Å². The maximum absolute atomic E-state index is 15.3.